The molecule has 3 nitrogen and oxygen atoms in total. The van der Waals surface area contributed by atoms with Crippen LogP contribution in [0.25, 0.3) is 16.3 Å². The topological polar surface area (TPSA) is 38.7 Å². The number of aliphatic hydroxyl groups is 1. The van der Waals surface area contributed by atoms with Crippen molar-refractivity contribution in [2.45, 2.75) is 6.10 Å². The van der Waals surface area contributed by atoms with E-state index in [1.165, 1.54) is 0 Å². The van der Waals surface area contributed by atoms with Crippen molar-refractivity contribution in [3.63, 3.8) is 0 Å². The molecule has 3 heteroatoms. The van der Waals surface area contributed by atoms with E-state index in [2.05, 4.69) is 0 Å². The SMILES string of the molecule is COc1ccccc1C1=COc2ccc3ccccc3c2C1O. The number of rotatable bonds is 2. The molecule has 0 aliphatic carbocycles. The smallest absolute Gasteiger partial charge is 0.133 e. The molecule has 0 amide bonds. The summed E-state index contributed by atoms with van der Waals surface area (Å²) >= 11 is 0. The molecular formula is C20H16O3. The van der Waals surface area contributed by atoms with Gasteiger partial charge < -0.3 is 14.6 Å². The Morgan fingerprint density at radius 2 is 1.74 bits per heavy atom. The van der Waals surface area contributed by atoms with Gasteiger partial charge in [-0.05, 0) is 22.9 Å². The number of benzene rings is 3. The molecule has 0 saturated carbocycles. The highest BCUT2D eigenvalue weighted by molar-refractivity contribution is 5.91. The number of methoxy groups -OCH3 is 1. The summed E-state index contributed by atoms with van der Waals surface area (Å²) in [6, 6.07) is 19.5. The number of hydrogen-bond acceptors (Lipinski definition) is 3. The Bertz CT molecular complexity index is 912. The van der Waals surface area contributed by atoms with E-state index in [0.29, 0.717) is 17.1 Å². The van der Waals surface area contributed by atoms with Crippen LogP contribution >= 0.6 is 0 Å². The fourth-order valence-corrected chi connectivity index (χ4v) is 3.10. The fraction of sp³-hybridized carbons (Fsp3) is 0.100. The second-order valence-electron chi connectivity index (χ2n) is 5.49. The number of para-hydroxylation sites is 1. The molecule has 1 heterocycles. The molecule has 114 valence electrons. The molecule has 4 rings (SSSR count). The van der Waals surface area contributed by atoms with Crippen LogP contribution < -0.4 is 9.47 Å². The average molecular weight is 304 g/mol. The highest BCUT2D eigenvalue weighted by Crippen LogP contribution is 2.44. The van der Waals surface area contributed by atoms with Gasteiger partial charge in [-0.2, -0.15) is 0 Å². The van der Waals surface area contributed by atoms with Gasteiger partial charge in [-0.3, -0.25) is 0 Å². The normalized spacial score (nSPS) is 16.4. The van der Waals surface area contributed by atoms with Crippen molar-refractivity contribution in [3.8, 4) is 11.5 Å². The molecule has 1 aliphatic heterocycles. The summed E-state index contributed by atoms with van der Waals surface area (Å²) in [5.41, 5.74) is 2.33. The maximum absolute atomic E-state index is 11.0. The minimum Gasteiger partial charge on any atom is -0.496 e. The summed E-state index contributed by atoms with van der Waals surface area (Å²) < 4.78 is 11.2. The van der Waals surface area contributed by atoms with E-state index in [0.717, 1.165) is 21.9 Å². The Labute approximate surface area is 134 Å². The molecule has 3 aromatic rings. The van der Waals surface area contributed by atoms with Crippen molar-refractivity contribution >= 4 is 16.3 Å². The minimum atomic E-state index is -0.763. The monoisotopic (exact) mass is 304 g/mol. The lowest BCUT2D eigenvalue weighted by atomic mass is 9.90. The van der Waals surface area contributed by atoms with E-state index in [-0.39, 0.29) is 0 Å². The molecule has 0 aromatic heterocycles. The van der Waals surface area contributed by atoms with Crippen LogP contribution in [-0.4, -0.2) is 12.2 Å². The van der Waals surface area contributed by atoms with E-state index < -0.39 is 6.10 Å². The molecular weight excluding hydrogens is 288 g/mol. The predicted octanol–water partition coefficient (Wildman–Crippen LogP) is 4.32. The Kier molecular flexibility index (Phi) is 3.28. The van der Waals surface area contributed by atoms with Crippen LogP contribution in [0, 0.1) is 0 Å². The zero-order valence-corrected chi connectivity index (χ0v) is 12.7. The Morgan fingerprint density at radius 1 is 0.957 bits per heavy atom. The molecule has 23 heavy (non-hydrogen) atoms. The fourth-order valence-electron chi connectivity index (χ4n) is 3.10. The quantitative estimate of drug-likeness (QED) is 0.766. The van der Waals surface area contributed by atoms with Gasteiger partial charge in [0.25, 0.3) is 0 Å². The third-order valence-corrected chi connectivity index (χ3v) is 4.23. The summed E-state index contributed by atoms with van der Waals surface area (Å²) in [6.45, 7) is 0. The van der Waals surface area contributed by atoms with Gasteiger partial charge in [0.2, 0.25) is 0 Å². The van der Waals surface area contributed by atoms with Crippen LogP contribution in [-0.2, 0) is 0 Å². The predicted molar refractivity (Wildman–Crippen MR) is 90.5 cm³/mol. The molecule has 3 aromatic carbocycles. The first-order valence-electron chi connectivity index (χ1n) is 7.49. The van der Waals surface area contributed by atoms with Crippen molar-refractivity contribution in [3.05, 3.63) is 78.1 Å². The number of ether oxygens (including phenoxy) is 2. The molecule has 1 N–H and O–H groups in total. The van der Waals surface area contributed by atoms with Crippen LogP contribution in [0.1, 0.15) is 17.2 Å². The highest BCUT2D eigenvalue weighted by Gasteiger charge is 2.27. The maximum atomic E-state index is 11.0. The van der Waals surface area contributed by atoms with Crippen molar-refractivity contribution in [2.24, 2.45) is 0 Å². The van der Waals surface area contributed by atoms with E-state index in [1.54, 1.807) is 13.4 Å². The molecule has 1 unspecified atom stereocenters. The van der Waals surface area contributed by atoms with E-state index in [9.17, 15) is 5.11 Å². The minimum absolute atomic E-state index is 0.690. The largest absolute Gasteiger partial charge is 0.496 e. The summed E-state index contributed by atoms with van der Waals surface area (Å²) in [4.78, 5) is 0. The summed E-state index contributed by atoms with van der Waals surface area (Å²) in [7, 11) is 1.62. The summed E-state index contributed by atoms with van der Waals surface area (Å²) in [6.07, 6.45) is 0.848. The number of aliphatic hydroxyl groups excluding tert-OH is 1. The first-order valence-corrected chi connectivity index (χ1v) is 7.49. The van der Waals surface area contributed by atoms with Gasteiger partial charge in [-0.25, -0.2) is 0 Å². The van der Waals surface area contributed by atoms with Gasteiger partial charge in [0, 0.05) is 16.7 Å². The van der Waals surface area contributed by atoms with Crippen LogP contribution in [0.3, 0.4) is 0 Å². The van der Waals surface area contributed by atoms with Gasteiger partial charge >= 0.3 is 0 Å². The molecule has 0 bridgehead atoms. The molecule has 0 fully saturated rings. The second-order valence-corrected chi connectivity index (χ2v) is 5.49. The van der Waals surface area contributed by atoms with Crippen LogP contribution in [0.4, 0.5) is 0 Å². The molecule has 1 aliphatic rings. The van der Waals surface area contributed by atoms with E-state index >= 15 is 0 Å². The second kappa shape index (κ2) is 5.45. The zero-order chi connectivity index (χ0) is 15.8. The van der Waals surface area contributed by atoms with Crippen molar-refractivity contribution in [2.75, 3.05) is 7.11 Å². The van der Waals surface area contributed by atoms with Gasteiger partial charge in [0.1, 0.15) is 17.6 Å². The highest BCUT2D eigenvalue weighted by atomic mass is 16.5. The van der Waals surface area contributed by atoms with Crippen LogP contribution in [0.2, 0.25) is 0 Å². The lowest BCUT2D eigenvalue weighted by Gasteiger charge is -2.25. The van der Waals surface area contributed by atoms with Gasteiger partial charge in [-0.15, -0.1) is 0 Å². The Morgan fingerprint density at radius 3 is 2.61 bits per heavy atom. The van der Waals surface area contributed by atoms with Gasteiger partial charge in [0.15, 0.2) is 0 Å². The molecule has 0 saturated heterocycles. The zero-order valence-electron chi connectivity index (χ0n) is 12.7. The summed E-state index contributed by atoms with van der Waals surface area (Å²) in [5.74, 6) is 1.40. The van der Waals surface area contributed by atoms with Crippen molar-refractivity contribution < 1.29 is 14.6 Å². The molecule has 0 radical (unpaired) electrons. The summed E-state index contributed by atoms with van der Waals surface area (Å²) in [5, 5.41) is 13.1. The first kappa shape index (κ1) is 13.9. The average Bonchev–Trinajstić information content (AvgIpc) is 2.61. The standard InChI is InChI=1S/C20H16O3/c1-22-17-9-5-4-8-15(17)16-12-23-18-11-10-13-6-2-3-7-14(13)19(18)20(16)21/h2-12,20-21H,1H3. The Hall–Kier alpha value is -2.78. The number of fused-ring (bicyclic) bond motifs is 3. The van der Waals surface area contributed by atoms with E-state index in [1.807, 2.05) is 60.7 Å². The third kappa shape index (κ3) is 2.17. The first-order chi connectivity index (χ1) is 11.3. The lowest BCUT2D eigenvalue weighted by Crippen LogP contribution is -2.10. The Balaban J connectivity index is 1.89. The number of hydrogen-bond donors (Lipinski definition) is 1. The third-order valence-electron chi connectivity index (χ3n) is 4.23. The molecule has 1 atom stereocenters. The molecule has 0 spiro atoms. The van der Waals surface area contributed by atoms with Crippen molar-refractivity contribution in [1.82, 2.24) is 0 Å². The van der Waals surface area contributed by atoms with Crippen LogP contribution in [0.15, 0.2) is 66.9 Å². The van der Waals surface area contributed by atoms with E-state index in [4.69, 9.17) is 9.47 Å². The van der Waals surface area contributed by atoms with Gasteiger partial charge in [-0.1, -0.05) is 48.5 Å². The van der Waals surface area contributed by atoms with Gasteiger partial charge in [0.05, 0.1) is 13.4 Å². The lowest BCUT2D eigenvalue weighted by molar-refractivity contribution is 0.225. The van der Waals surface area contributed by atoms with Crippen LogP contribution in [0.5, 0.6) is 11.5 Å². The maximum Gasteiger partial charge on any atom is 0.133 e. The van der Waals surface area contributed by atoms with Crippen molar-refractivity contribution in [1.29, 1.82) is 0 Å².